The van der Waals surface area contributed by atoms with Crippen LogP contribution in [0.15, 0.2) is 4.99 Å². The number of aliphatic imine (C=N–C) groups is 1. The number of nitrogens with zero attached hydrogens (tertiary/aromatic N) is 3. The predicted octanol–water partition coefficient (Wildman–Crippen LogP) is 3.06. The van der Waals surface area contributed by atoms with E-state index in [2.05, 4.69) is 40.7 Å². The van der Waals surface area contributed by atoms with Crippen molar-refractivity contribution in [3.8, 4) is 0 Å². The standard InChI is InChI=1S/C21H40N4OS/c1-3-22-20(23-18-21(27-4-2)9-14-26-15-10-21)25-13-8-19(17-25)16-24-11-6-5-7-12-24/h19H,3-18H2,1-2H3,(H,22,23). The summed E-state index contributed by atoms with van der Waals surface area (Å²) in [6, 6.07) is 0. The van der Waals surface area contributed by atoms with Crippen molar-refractivity contribution in [2.75, 3.05) is 64.8 Å². The zero-order valence-electron chi connectivity index (χ0n) is 17.5. The summed E-state index contributed by atoms with van der Waals surface area (Å²) < 4.78 is 5.90. The summed E-state index contributed by atoms with van der Waals surface area (Å²) in [4.78, 5) is 10.3. The molecule has 3 aliphatic rings. The second-order valence-corrected chi connectivity index (χ2v) is 10.1. The third-order valence-electron chi connectivity index (χ3n) is 6.26. The highest BCUT2D eigenvalue weighted by Gasteiger charge is 2.33. The topological polar surface area (TPSA) is 40.1 Å². The van der Waals surface area contributed by atoms with Crippen molar-refractivity contribution in [2.45, 2.75) is 57.1 Å². The number of ether oxygens (including phenoxy) is 1. The molecule has 6 heteroatoms. The Labute approximate surface area is 170 Å². The SMILES string of the molecule is CCNC(=NCC1(SCC)CCOCC1)N1CCC(CN2CCCCC2)C1. The molecule has 3 fully saturated rings. The van der Waals surface area contributed by atoms with Gasteiger partial charge in [-0.15, -0.1) is 0 Å². The molecule has 3 aliphatic heterocycles. The largest absolute Gasteiger partial charge is 0.381 e. The lowest BCUT2D eigenvalue weighted by Crippen LogP contribution is -2.43. The first-order valence-corrected chi connectivity index (χ1v) is 12.2. The molecule has 3 heterocycles. The van der Waals surface area contributed by atoms with E-state index in [1.54, 1.807) is 0 Å². The minimum absolute atomic E-state index is 0.278. The zero-order chi connectivity index (χ0) is 19.0. The molecule has 0 radical (unpaired) electrons. The number of rotatable bonds is 7. The van der Waals surface area contributed by atoms with E-state index >= 15 is 0 Å². The molecule has 3 saturated heterocycles. The molecular formula is C21H40N4OS. The molecule has 0 aliphatic carbocycles. The molecule has 0 saturated carbocycles. The molecule has 156 valence electrons. The van der Waals surface area contributed by atoms with Gasteiger partial charge < -0.3 is 19.9 Å². The van der Waals surface area contributed by atoms with Crippen LogP contribution in [0.3, 0.4) is 0 Å². The van der Waals surface area contributed by atoms with Crippen LogP contribution in [-0.2, 0) is 4.74 Å². The van der Waals surface area contributed by atoms with Crippen LogP contribution in [0.5, 0.6) is 0 Å². The van der Waals surface area contributed by atoms with Gasteiger partial charge in [-0.3, -0.25) is 4.99 Å². The molecular weight excluding hydrogens is 356 g/mol. The molecule has 0 aromatic heterocycles. The first-order chi connectivity index (χ1) is 13.2. The summed E-state index contributed by atoms with van der Waals surface area (Å²) in [5, 5.41) is 3.57. The molecule has 1 unspecified atom stereocenters. The van der Waals surface area contributed by atoms with Gasteiger partial charge in [0.25, 0.3) is 0 Å². The van der Waals surface area contributed by atoms with Crippen molar-refractivity contribution in [3.63, 3.8) is 0 Å². The Morgan fingerprint density at radius 3 is 2.63 bits per heavy atom. The maximum absolute atomic E-state index is 5.62. The van der Waals surface area contributed by atoms with Gasteiger partial charge in [0.05, 0.1) is 6.54 Å². The monoisotopic (exact) mass is 396 g/mol. The van der Waals surface area contributed by atoms with Gasteiger partial charge in [-0.05, 0) is 63.8 Å². The molecule has 27 heavy (non-hydrogen) atoms. The minimum atomic E-state index is 0.278. The molecule has 5 nitrogen and oxygen atoms in total. The number of nitrogens with one attached hydrogen (secondary N) is 1. The summed E-state index contributed by atoms with van der Waals surface area (Å²) in [5.41, 5.74) is 0. The fourth-order valence-corrected chi connectivity index (χ4v) is 5.95. The maximum Gasteiger partial charge on any atom is 0.193 e. The number of piperidine rings is 1. The molecule has 0 amide bonds. The summed E-state index contributed by atoms with van der Waals surface area (Å²) in [6.45, 7) is 14.3. The smallest absolute Gasteiger partial charge is 0.193 e. The van der Waals surface area contributed by atoms with E-state index in [4.69, 9.17) is 9.73 Å². The highest BCUT2D eigenvalue weighted by atomic mass is 32.2. The lowest BCUT2D eigenvalue weighted by Gasteiger charge is -2.35. The van der Waals surface area contributed by atoms with E-state index in [0.717, 1.165) is 63.3 Å². The molecule has 0 spiro atoms. The Hall–Kier alpha value is -0.460. The van der Waals surface area contributed by atoms with Gasteiger partial charge in [0, 0.05) is 44.1 Å². The van der Waals surface area contributed by atoms with Gasteiger partial charge in [-0.25, -0.2) is 0 Å². The van der Waals surface area contributed by atoms with E-state index in [0.29, 0.717) is 0 Å². The molecule has 0 bridgehead atoms. The van der Waals surface area contributed by atoms with Gasteiger partial charge in [0.2, 0.25) is 0 Å². The van der Waals surface area contributed by atoms with E-state index in [1.165, 1.54) is 51.9 Å². The van der Waals surface area contributed by atoms with Crippen LogP contribution in [0.25, 0.3) is 0 Å². The third kappa shape index (κ3) is 6.26. The lowest BCUT2D eigenvalue weighted by atomic mass is 9.99. The average molecular weight is 397 g/mol. The number of likely N-dealkylation sites (tertiary alicyclic amines) is 2. The van der Waals surface area contributed by atoms with Gasteiger partial charge in [0.15, 0.2) is 5.96 Å². The van der Waals surface area contributed by atoms with Crippen molar-refractivity contribution in [2.24, 2.45) is 10.9 Å². The minimum Gasteiger partial charge on any atom is -0.381 e. The molecule has 0 aromatic carbocycles. The van der Waals surface area contributed by atoms with Crippen LogP contribution in [0, 0.1) is 5.92 Å². The Balaban J connectivity index is 1.56. The fraction of sp³-hybridized carbons (Fsp3) is 0.952. The first kappa shape index (κ1) is 21.3. The van der Waals surface area contributed by atoms with E-state index in [1.807, 2.05) is 0 Å². The average Bonchev–Trinajstić information content (AvgIpc) is 3.15. The van der Waals surface area contributed by atoms with Crippen molar-refractivity contribution >= 4 is 17.7 Å². The number of thioether (sulfide) groups is 1. The van der Waals surface area contributed by atoms with E-state index in [9.17, 15) is 0 Å². The van der Waals surface area contributed by atoms with Crippen LogP contribution in [0.1, 0.15) is 52.4 Å². The summed E-state index contributed by atoms with van der Waals surface area (Å²) in [6.07, 6.45) is 7.78. The van der Waals surface area contributed by atoms with Gasteiger partial charge in [-0.1, -0.05) is 13.3 Å². The molecule has 1 N–H and O–H groups in total. The van der Waals surface area contributed by atoms with E-state index < -0.39 is 0 Å². The Bertz CT molecular complexity index is 456. The Morgan fingerprint density at radius 1 is 1.15 bits per heavy atom. The van der Waals surface area contributed by atoms with Crippen molar-refractivity contribution < 1.29 is 4.74 Å². The van der Waals surface area contributed by atoms with Gasteiger partial charge >= 0.3 is 0 Å². The van der Waals surface area contributed by atoms with Crippen molar-refractivity contribution in [1.29, 1.82) is 0 Å². The second kappa shape index (κ2) is 10.9. The Kier molecular flexibility index (Phi) is 8.59. The maximum atomic E-state index is 5.62. The van der Waals surface area contributed by atoms with Crippen LogP contribution < -0.4 is 5.32 Å². The van der Waals surface area contributed by atoms with Crippen LogP contribution >= 0.6 is 11.8 Å². The number of hydrogen-bond acceptors (Lipinski definition) is 4. The second-order valence-electron chi connectivity index (χ2n) is 8.36. The summed E-state index contributed by atoms with van der Waals surface area (Å²) in [5.74, 6) is 3.10. The normalized spacial score (nSPS) is 27.1. The summed E-state index contributed by atoms with van der Waals surface area (Å²) >= 11 is 2.09. The fourth-order valence-electron chi connectivity index (χ4n) is 4.72. The van der Waals surface area contributed by atoms with Crippen molar-refractivity contribution in [3.05, 3.63) is 0 Å². The predicted molar refractivity (Wildman–Crippen MR) is 117 cm³/mol. The quantitative estimate of drug-likeness (QED) is 0.529. The molecule has 1 atom stereocenters. The lowest BCUT2D eigenvalue weighted by molar-refractivity contribution is 0.0793. The van der Waals surface area contributed by atoms with E-state index in [-0.39, 0.29) is 4.75 Å². The first-order valence-electron chi connectivity index (χ1n) is 11.2. The zero-order valence-corrected chi connectivity index (χ0v) is 18.4. The third-order valence-corrected chi connectivity index (χ3v) is 7.70. The highest BCUT2D eigenvalue weighted by Crippen LogP contribution is 2.35. The highest BCUT2D eigenvalue weighted by molar-refractivity contribution is 8.00. The Morgan fingerprint density at radius 2 is 1.93 bits per heavy atom. The summed E-state index contributed by atoms with van der Waals surface area (Å²) in [7, 11) is 0. The van der Waals surface area contributed by atoms with Crippen LogP contribution in [-0.4, -0.2) is 85.3 Å². The number of hydrogen-bond donors (Lipinski definition) is 1. The van der Waals surface area contributed by atoms with Gasteiger partial charge in [0.1, 0.15) is 0 Å². The van der Waals surface area contributed by atoms with Crippen LogP contribution in [0.4, 0.5) is 0 Å². The van der Waals surface area contributed by atoms with Crippen LogP contribution in [0.2, 0.25) is 0 Å². The van der Waals surface area contributed by atoms with Crippen molar-refractivity contribution in [1.82, 2.24) is 15.1 Å². The number of guanidine groups is 1. The molecule has 3 rings (SSSR count). The molecule has 0 aromatic rings. The van der Waals surface area contributed by atoms with Gasteiger partial charge in [-0.2, -0.15) is 11.8 Å².